The van der Waals surface area contributed by atoms with Gasteiger partial charge in [-0.05, 0) is 30.5 Å². The van der Waals surface area contributed by atoms with Crippen molar-refractivity contribution in [3.8, 4) is 0 Å². The zero-order valence-corrected chi connectivity index (χ0v) is 15.2. The monoisotopic (exact) mass is 382 g/mol. The summed E-state index contributed by atoms with van der Waals surface area (Å²) < 4.78 is 38.3. The lowest BCUT2D eigenvalue weighted by Crippen LogP contribution is -2.45. The normalized spacial score (nSPS) is 19.8. The van der Waals surface area contributed by atoms with Crippen molar-refractivity contribution < 1.29 is 13.2 Å². The van der Waals surface area contributed by atoms with E-state index in [9.17, 15) is 13.2 Å². The highest BCUT2D eigenvalue weighted by atomic mass is 32.1. The Balaban J connectivity index is 1.28. The zero-order chi connectivity index (χ0) is 18.1. The Morgan fingerprint density at radius 1 is 1.08 bits per heavy atom. The van der Waals surface area contributed by atoms with Crippen LogP contribution < -0.4 is 0 Å². The second kappa shape index (κ2) is 7.25. The van der Waals surface area contributed by atoms with Crippen molar-refractivity contribution in [1.82, 2.24) is 19.8 Å². The summed E-state index contributed by atoms with van der Waals surface area (Å²) in [4.78, 5) is 12.7. The molecule has 0 N–H and O–H groups in total. The number of alkyl halides is 3. The standard InChI is InChI=1S/C18H21F3N4S/c19-18(20,21)16-9-13(3-4-22-16)10-24-5-7-25(8-6-24)11-15-12-26-17(23-15)14-1-2-14/h3-4,9,12,14H,1-2,5-8,10-11H2. The molecule has 3 heterocycles. The van der Waals surface area contributed by atoms with Crippen molar-refractivity contribution in [3.05, 3.63) is 45.7 Å². The maximum Gasteiger partial charge on any atom is 0.433 e. The molecule has 26 heavy (non-hydrogen) atoms. The minimum Gasteiger partial charge on any atom is -0.297 e. The average molecular weight is 382 g/mol. The molecule has 2 aromatic rings. The van der Waals surface area contributed by atoms with Gasteiger partial charge in [0.1, 0.15) is 5.69 Å². The maximum absolute atomic E-state index is 12.8. The summed E-state index contributed by atoms with van der Waals surface area (Å²) >= 11 is 1.77. The lowest BCUT2D eigenvalue weighted by atomic mass is 10.2. The fraction of sp³-hybridized carbons (Fsp3) is 0.556. The van der Waals surface area contributed by atoms with Crippen molar-refractivity contribution in [2.75, 3.05) is 26.2 Å². The highest BCUT2D eigenvalue weighted by molar-refractivity contribution is 7.09. The van der Waals surface area contributed by atoms with Crippen LogP contribution in [0.25, 0.3) is 0 Å². The first kappa shape index (κ1) is 17.9. The third-order valence-electron chi connectivity index (χ3n) is 4.87. The van der Waals surface area contributed by atoms with E-state index >= 15 is 0 Å². The molecule has 1 aliphatic heterocycles. The maximum atomic E-state index is 12.8. The molecule has 1 aliphatic carbocycles. The van der Waals surface area contributed by atoms with E-state index < -0.39 is 11.9 Å². The predicted molar refractivity (Wildman–Crippen MR) is 93.9 cm³/mol. The average Bonchev–Trinajstić information content (AvgIpc) is 3.36. The topological polar surface area (TPSA) is 32.3 Å². The van der Waals surface area contributed by atoms with E-state index in [1.807, 2.05) is 0 Å². The third-order valence-corrected chi connectivity index (χ3v) is 5.92. The molecule has 4 nitrogen and oxygen atoms in total. The van der Waals surface area contributed by atoms with Crippen molar-refractivity contribution in [2.45, 2.75) is 38.0 Å². The molecule has 140 valence electrons. The fourth-order valence-electron chi connectivity index (χ4n) is 3.23. The summed E-state index contributed by atoms with van der Waals surface area (Å²) in [5.41, 5.74) is 0.993. The Bertz CT molecular complexity index is 749. The number of rotatable bonds is 5. The van der Waals surface area contributed by atoms with E-state index in [0.29, 0.717) is 18.0 Å². The molecule has 1 saturated heterocycles. The molecule has 1 saturated carbocycles. The SMILES string of the molecule is FC(F)(F)c1cc(CN2CCN(Cc3csc(C4CC4)n3)CC2)ccn1. The molecular formula is C18H21F3N4S. The van der Waals surface area contributed by atoms with Gasteiger partial charge in [0.25, 0.3) is 0 Å². The Kier molecular flexibility index (Phi) is 4.98. The zero-order valence-electron chi connectivity index (χ0n) is 14.4. The van der Waals surface area contributed by atoms with Gasteiger partial charge in [-0.25, -0.2) is 4.98 Å². The first-order chi connectivity index (χ1) is 12.5. The van der Waals surface area contributed by atoms with E-state index in [2.05, 4.69) is 20.2 Å². The van der Waals surface area contributed by atoms with E-state index in [-0.39, 0.29) is 0 Å². The molecule has 0 spiro atoms. The Hall–Kier alpha value is -1.51. The summed E-state index contributed by atoms with van der Waals surface area (Å²) in [6.07, 6.45) is -0.594. The van der Waals surface area contributed by atoms with Crippen molar-refractivity contribution in [2.24, 2.45) is 0 Å². The summed E-state index contributed by atoms with van der Waals surface area (Å²) in [5, 5.41) is 3.44. The van der Waals surface area contributed by atoms with Crippen LogP contribution in [0.1, 0.15) is 40.7 Å². The van der Waals surface area contributed by atoms with Crippen LogP contribution in [0.3, 0.4) is 0 Å². The number of thiazole rings is 1. The summed E-state index contributed by atoms with van der Waals surface area (Å²) in [7, 11) is 0. The van der Waals surface area contributed by atoms with Crippen LogP contribution in [0.5, 0.6) is 0 Å². The largest absolute Gasteiger partial charge is 0.433 e. The van der Waals surface area contributed by atoms with E-state index in [1.165, 1.54) is 24.0 Å². The second-order valence-corrected chi connectivity index (χ2v) is 7.94. The molecule has 0 bridgehead atoms. The summed E-state index contributed by atoms with van der Waals surface area (Å²) in [6.45, 7) is 4.92. The lowest BCUT2D eigenvalue weighted by Gasteiger charge is -2.34. The third kappa shape index (κ3) is 4.42. The van der Waals surface area contributed by atoms with Crippen molar-refractivity contribution in [3.63, 3.8) is 0 Å². The highest BCUT2D eigenvalue weighted by Crippen LogP contribution is 2.41. The lowest BCUT2D eigenvalue weighted by molar-refractivity contribution is -0.141. The van der Waals surface area contributed by atoms with Gasteiger partial charge in [-0.1, -0.05) is 0 Å². The van der Waals surface area contributed by atoms with E-state index in [0.717, 1.165) is 44.5 Å². The molecule has 0 unspecified atom stereocenters. The van der Waals surface area contributed by atoms with Gasteiger partial charge in [0, 0.05) is 56.8 Å². The molecular weight excluding hydrogens is 361 g/mol. The molecule has 0 radical (unpaired) electrons. The number of hydrogen-bond donors (Lipinski definition) is 0. The van der Waals surface area contributed by atoms with Crippen molar-refractivity contribution in [1.29, 1.82) is 0 Å². The van der Waals surface area contributed by atoms with Gasteiger partial charge < -0.3 is 0 Å². The predicted octanol–water partition coefficient (Wildman–Crippen LogP) is 3.75. The molecule has 2 fully saturated rings. The van der Waals surface area contributed by atoms with Gasteiger partial charge in [0.05, 0.1) is 10.7 Å². The van der Waals surface area contributed by atoms with Crippen LogP contribution in [0, 0.1) is 0 Å². The molecule has 8 heteroatoms. The molecule has 0 atom stereocenters. The van der Waals surface area contributed by atoms with Gasteiger partial charge in [0.15, 0.2) is 0 Å². The number of hydrogen-bond acceptors (Lipinski definition) is 5. The van der Waals surface area contributed by atoms with Crippen molar-refractivity contribution >= 4 is 11.3 Å². The van der Waals surface area contributed by atoms with Crippen LogP contribution in [0.4, 0.5) is 13.2 Å². The minimum atomic E-state index is -4.39. The smallest absolute Gasteiger partial charge is 0.297 e. The molecule has 2 aliphatic rings. The number of halogens is 3. The van der Waals surface area contributed by atoms with Gasteiger partial charge in [-0.3, -0.25) is 14.8 Å². The van der Waals surface area contributed by atoms with Gasteiger partial charge >= 0.3 is 6.18 Å². The summed E-state index contributed by atoms with van der Waals surface area (Å²) in [5.74, 6) is 0.701. The van der Waals surface area contributed by atoms with Crippen LogP contribution >= 0.6 is 11.3 Å². The Morgan fingerprint density at radius 2 is 1.77 bits per heavy atom. The number of piperazine rings is 1. The Labute approximate surface area is 154 Å². The highest BCUT2D eigenvalue weighted by Gasteiger charge is 2.32. The van der Waals surface area contributed by atoms with Crippen LogP contribution in [-0.2, 0) is 19.3 Å². The molecule has 2 aromatic heterocycles. The van der Waals surface area contributed by atoms with Gasteiger partial charge in [-0.15, -0.1) is 11.3 Å². The summed E-state index contributed by atoms with van der Waals surface area (Å²) in [6, 6.07) is 2.82. The Morgan fingerprint density at radius 3 is 2.42 bits per heavy atom. The van der Waals surface area contributed by atoms with Crippen LogP contribution in [0.15, 0.2) is 23.7 Å². The first-order valence-electron chi connectivity index (χ1n) is 8.88. The molecule has 0 amide bonds. The quantitative estimate of drug-likeness (QED) is 0.788. The van der Waals surface area contributed by atoms with Crippen LogP contribution in [-0.4, -0.2) is 45.9 Å². The van der Waals surface area contributed by atoms with Crippen LogP contribution in [0.2, 0.25) is 0 Å². The molecule has 0 aromatic carbocycles. The number of pyridine rings is 1. The molecule has 4 rings (SSSR count). The second-order valence-electron chi connectivity index (χ2n) is 7.05. The van der Waals surface area contributed by atoms with E-state index in [4.69, 9.17) is 4.98 Å². The van der Waals surface area contributed by atoms with Gasteiger partial charge in [-0.2, -0.15) is 13.2 Å². The minimum absolute atomic E-state index is 0.530. The number of aromatic nitrogens is 2. The first-order valence-corrected chi connectivity index (χ1v) is 9.76. The van der Waals surface area contributed by atoms with E-state index in [1.54, 1.807) is 17.4 Å². The van der Waals surface area contributed by atoms with Gasteiger partial charge in [0.2, 0.25) is 0 Å². The number of nitrogens with zero attached hydrogens (tertiary/aromatic N) is 4. The fourth-order valence-corrected chi connectivity index (χ4v) is 4.22.